The van der Waals surface area contributed by atoms with E-state index in [2.05, 4.69) is 37.4 Å². The second-order valence-corrected chi connectivity index (χ2v) is 5.79. The lowest BCUT2D eigenvalue weighted by Crippen LogP contribution is -2.40. The van der Waals surface area contributed by atoms with Crippen LogP contribution in [0.2, 0.25) is 0 Å². The van der Waals surface area contributed by atoms with Gasteiger partial charge in [-0.15, -0.1) is 0 Å². The molecular formula is C18H23NO2. The van der Waals surface area contributed by atoms with Gasteiger partial charge in [-0.25, -0.2) is 0 Å². The number of hydrogen-bond acceptors (Lipinski definition) is 2. The molecule has 1 amide bonds. The number of carbonyl (C=O) groups excluding carboxylic acids is 1. The molecule has 0 aliphatic heterocycles. The van der Waals surface area contributed by atoms with Gasteiger partial charge in [-0.3, -0.25) is 4.79 Å². The van der Waals surface area contributed by atoms with Crippen LogP contribution in [0, 0.1) is 5.92 Å². The Balaban J connectivity index is 2.03. The summed E-state index contributed by atoms with van der Waals surface area (Å²) in [5, 5.41) is 14.4. The number of fused-ring (bicyclic) bond motifs is 1. The van der Waals surface area contributed by atoms with E-state index in [1.165, 1.54) is 5.39 Å². The Morgan fingerprint density at radius 1 is 1.14 bits per heavy atom. The zero-order valence-corrected chi connectivity index (χ0v) is 12.7. The molecule has 2 rings (SSSR count). The SMILES string of the molecule is CC(C)C(CCO)NC(=O)Cc1ccc2ccccc2c1. The molecule has 2 aromatic carbocycles. The maximum absolute atomic E-state index is 12.1. The van der Waals surface area contributed by atoms with E-state index in [0.29, 0.717) is 18.8 Å². The first-order valence-electron chi connectivity index (χ1n) is 7.48. The lowest BCUT2D eigenvalue weighted by atomic mass is 10.0. The highest BCUT2D eigenvalue weighted by molar-refractivity contribution is 5.85. The predicted molar refractivity (Wildman–Crippen MR) is 86.1 cm³/mol. The second kappa shape index (κ2) is 7.23. The summed E-state index contributed by atoms with van der Waals surface area (Å²) in [6.07, 6.45) is 0.973. The lowest BCUT2D eigenvalue weighted by Gasteiger charge is -2.21. The number of rotatable bonds is 6. The zero-order chi connectivity index (χ0) is 15.2. The van der Waals surface area contributed by atoms with E-state index in [1.807, 2.05) is 24.3 Å². The maximum Gasteiger partial charge on any atom is 0.224 e. The standard InChI is InChI=1S/C18H23NO2/c1-13(2)17(9-10-20)19-18(21)12-14-7-8-15-5-3-4-6-16(15)11-14/h3-8,11,13,17,20H,9-10,12H2,1-2H3,(H,19,21). The first kappa shape index (κ1) is 15.5. The summed E-state index contributed by atoms with van der Waals surface area (Å²) in [7, 11) is 0. The van der Waals surface area contributed by atoms with Crippen LogP contribution in [0.25, 0.3) is 10.8 Å². The van der Waals surface area contributed by atoms with Gasteiger partial charge < -0.3 is 10.4 Å². The van der Waals surface area contributed by atoms with Crippen molar-refractivity contribution in [2.75, 3.05) is 6.61 Å². The first-order chi connectivity index (χ1) is 10.1. The van der Waals surface area contributed by atoms with Crippen molar-refractivity contribution in [1.29, 1.82) is 0 Å². The first-order valence-corrected chi connectivity index (χ1v) is 7.48. The van der Waals surface area contributed by atoms with Crippen molar-refractivity contribution in [3.05, 3.63) is 48.0 Å². The van der Waals surface area contributed by atoms with E-state index >= 15 is 0 Å². The number of benzene rings is 2. The van der Waals surface area contributed by atoms with Gasteiger partial charge in [0.25, 0.3) is 0 Å². The van der Waals surface area contributed by atoms with Crippen LogP contribution < -0.4 is 5.32 Å². The van der Waals surface area contributed by atoms with Crippen LogP contribution >= 0.6 is 0 Å². The van der Waals surface area contributed by atoms with E-state index in [9.17, 15) is 4.79 Å². The van der Waals surface area contributed by atoms with E-state index < -0.39 is 0 Å². The van der Waals surface area contributed by atoms with E-state index in [-0.39, 0.29) is 18.6 Å². The van der Waals surface area contributed by atoms with Crippen molar-refractivity contribution in [2.45, 2.75) is 32.7 Å². The third-order valence-electron chi connectivity index (χ3n) is 3.77. The molecule has 0 bridgehead atoms. The molecule has 0 fully saturated rings. The van der Waals surface area contributed by atoms with Crippen molar-refractivity contribution in [3.63, 3.8) is 0 Å². The van der Waals surface area contributed by atoms with E-state index in [1.54, 1.807) is 0 Å². The van der Waals surface area contributed by atoms with Gasteiger partial charge in [-0.2, -0.15) is 0 Å². The Morgan fingerprint density at radius 2 is 1.86 bits per heavy atom. The van der Waals surface area contributed by atoms with Crippen molar-refractivity contribution < 1.29 is 9.90 Å². The Bertz CT molecular complexity index is 607. The molecule has 21 heavy (non-hydrogen) atoms. The van der Waals surface area contributed by atoms with Crippen LogP contribution in [0.5, 0.6) is 0 Å². The van der Waals surface area contributed by atoms with Crippen LogP contribution in [0.1, 0.15) is 25.8 Å². The lowest BCUT2D eigenvalue weighted by molar-refractivity contribution is -0.121. The molecule has 2 N–H and O–H groups in total. The number of nitrogens with one attached hydrogen (secondary N) is 1. The third kappa shape index (κ3) is 4.30. The van der Waals surface area contributed by atoms with E-state index in [0.717, 1.165) is 10.9 Å². The van der Waals surface area contributed by atoms with Gasteiger partial charge in [0, 0.05) is 12.6 Å². The monoisotopic (exact) mass is 285 g/mol. The highest BCUT2D eigenvalue weighted by Crippen LogP contribution is 2.16. The Labute approximate surface area is 126 Å². The number of aliphatic hydroxyl groups excluding tert-OH is 1. The summed E-state index contributed by atoms with van der Waals surface area (Å²) in [6, 6.07) is 14.3. The highest BCUT2D eigenvalue weighted by atomic mass is 16.3. The Hall–Kier alpha value is -1.87. The fourth-order valence-electron chi connectivity index (χ4n) is 2.50. The topological polar surface area (TPSA) is 49.3 Å². The van der Waals surface area contributed by atoms with Crippen LogP contribution in [-0.4, -0.2) is 23.7 Å². The summed E-state index contributed by atoms with van der Waals surface area (Å²) >= 11 is 0. The van der Waals surface area contributed by atoms with Gasteiger partial charge in [-0.1, -0.05) is 56.3 Å². The van der Waals surface area contributed by atoms with Crippen LogP contribution in [0.3, 0.4) is 0 Å². The number of amides is 1. The highest BCUT2D eigenvalue weighted by Gasteiger charge is 2.15. The molecule has 0 saturated heterocycles. The maximum atomic E-state index is 12.1. The molecule has 3 heteroatoms. The summed E-state index contributed by atoms with van der Waals surface area (Å²) in [4.78, 5) is 12.1. The van der Waals surface area contributed by atoms with E-state index in [4.69, 9.17) is 5.11 Å². The summed E-state index contributed by atoms with van der Waals surface area (Å²) in [6.45, 7) is 4.20. The molecule has 0 radical (unpaired) electrons. The molecule has 1 unspecified atom stereocenters. The molecule has 1 atom stereocenters. The fourth-order valence-corrected chi connectivity index (χ4v) is 2.50. The normalized spacial score (nSPS) is 12.6. The molecular weight excluding hydrogens is 262 g/mol. The van der Waals surface area contributed by atoms with Gasteiger partial charge in [-0.05, 0) is 28.7 Å². The van der Waals surface area contributed by atoms with Gasteiger partial charge in [0.1, 0.15) is 0 Å². The molecule has 0 heterocycles. The number of carbonyl (C=O) groups is 1. The molecule has 0 aliphatic rings. The van der Waals surface area contributed by atoms with Crippen LogP contribution in [0.4, 0.5) is 0 Å². The predicted octanol–water partition coefficient (Wildman–Crippen LogP) is 2.91. The minimum absolute atomic E-state index is 0.0115. The average molecular weight is 285 g/mol. The van der Waals surface area contributed by atoms with Gasteiger partial charge in [0.2, 0.25) is 5.91 Å². The van der Waals surface area contributed by atoms with Crippen molar-refractivity contribution in [2.24, 2.45) is 5.92 Å². The summed E-state index contributed by atoms with van der Waals surface area (Å²) in [5.74, 6) is 0.329. The van der Waals surface area contributed by atoms with Crippen molar-refractivity contribution in [3.8, 4) is 0 Å². The van der Waals surface area contributed by atoms with Gasteiger partial charge in [0.15, 0.2) is 0 Å². The quantitative estimate of drug-likeness (QED) is 0.857. The molecule has 0 aliphatic carbocycles. The molecule has 0 aromatic heterocycles. The molecule has 0 saturated carbocycles. The Morgan fingerprint density at radius 3 is 2.52 bits per heavy atom. The van der Waals surface area contributed by atoms with Crippen molar-refractivity contribution in [1.82, 2.24) is 5.32 Å². The second-order valence-electron chi connectivity index (χ2n) is 5.79. The molecule has 0 spiro atoms. The summed E-state index contributed by atoms with van der Waals surface area (Å²) < 4.78 is 0. The largest absolute Gasteiger partial charge is 0.396 e. The molecule has 112 valence electrons. The average Bonchev–Trinajstić information content (AvgIpc) is 2.46. The minimum atomic E-state index is 0.0115. The van der Waals surface area contributed by atoms with Gasteiger partial charge >= 0.3 is 0 Å². The molecule has 3 nitrogen and oxygen atoms in total. The fraction of sp³-hybridized carbons (Fsp3) is 0.389. The van der Waals surface area contributed by atoms with Crippen LogP contribution in [-0.2, 0) is 11.2 Å². The van der Waals surface area contributed by atoms with Crippen LogP contribution in [0.15, 0.2) is 42.5 Å². The zero-order valence-electron chi connectivity index (χ0n) is 12.7. The minimum Gasteiger partial charge on any atom is -0.396 e. The number of hydrogen-bond donors (Lipinski definition) is 2. The van der Waals surface area contributed by atoms with Gasteiger partial charge in [0.05, 0.1) is 6.42 Å². The summed E-state index contributed by atoms with van der Waals surface area (Å²) in [5.41, 5.74) is 1.01. The Kier molecular flexibility index (Phi) is 5.34. The van der Waals surface area contributed by atoms with Crippen molar-refractivity contribution >= 4 is 16.7 Å². The third-order valence-corrected chi connectivity index (χ3v) is 3.77. The number of aliphatic hydroxyl groups is 1. The molecule has 2 aromatic rings. The smallest absolute Gasteiger partial charge is 0.224 e.